The van der Waals surface area contributed by atoms with Gasteiger partial charge >= 0.3 is 0 Å². The molecular formula is C12H23BO3. The van der Waals surface area contributed by atoms with Crippen LogP contribution >= 0.6 is 0 Å². The van der Waals surface area contributed by atoms with Crippen molar-refractivity contribution in [1.82, 2.24) is 0 Å². The van der Waals surface area contributed by atoms with E-state index in [0.29, 0.717) is 5.92 Å². The van der Waals surface area contributed by atoms with E-state index in [0.717, 1.165) is 6.42 Å². The molecule has 0 bridgehead atoms. The third-order valence-corrected chi connectivity index (χ3v) is 3.32. The first-order valence-electron chi connectivity index (χ1n) is 6.11. The van der Waals surface area contributed by atoms with Crippen molar-refractivity contribution in [2.45, 2.75) is 58.4 Å². The molecule has 5 atom stereocenters. The molecule has 3 nitrogen and oxygen atoms in total. The zero-order chi connectivity index (χ0) is 12.5. The maximum absolute atomic E-state index is 10.1. The maximum Gasteiger partial charge on any atom is 0.112 e. The van der Waals surface area contributed by atoms with Crippen LogP contribution < -0.4 is 0 Å². The zero-order valence-electron chi connectivity index (χ0n) is 10.6. The van der Waals surface area contributed by atoms with Gasteiger partial charge in [-0.2, -0.15) is 0 Å². The summed E-state index contributed by atoms with van der Waals surface area (Å²) in [6.45, 7) is 8.30. The summed E-state index contributed by atoms with van der Waals surface area (Å²) in [6, 6.07) is -0.770. The molecule has 0 aliphatic carbocycles. The highest BCUT2D eigenvalue weighted by atomic mass is 16.5. The Morgan fingerprint density at radius 2 is 1.69 bits per heavy atom. The lowest BCUT2D eigenvalue weighted by atomic mass is 9.74. The SMILES string of the molecule is [B]C1OC(CC(C)C)C(C(C)C)C(O)C1O. The maximum atomic E-state index is 10.1. The highest BCUT2D eigenvalue weighted by molar-refractivity contribution is 6.11. The summed E-state index contributed by atoms with van der Waals surface area (Å²) < 4.78 is 5.62. The second kappa shape index (κ2) is 5.52. The minimum atomic E-state index is -0.976. The fourth-order valence-corrected chi connectivity index (χ4v) is 2.52. The van der Waals surface area contributed by atoms with Gasteiger partial charge in [0.25, 0.3) is 0 Å². The van der Waals surface area contributed by atoms with E-state index in [9.17, 15) is 10.2 Å². The number of ether oxygens (including phenoxy) is 1. The Morgan fingerprint density at radius 3 is 2.12 bits per heavy atom. The van der Waals surface area contributed by atoms with E-state index in [4.69, 9.17) is 12.6 Å². The van der Waals surface area contributed by atoms with Gasteiger partial charge in [-0.25, -0.2) is 0 Å². The predicted octanol–water partition coefficient (Wildman–Crippen LogP) is 0.920. The largest absolute Gasteiger partial charge is 0.390 e. The van der Waals surface area contributed by atoms with Crippen LogP contribution in [-0.4, -0.2) is 42.4 Å². The van der Waals surface area contributed by atoms with Gasteiger partial charge in [-0.15, -0.1) is 0 Å². The van der Waals surface area contributed by atoms with E-state index in [1.165, 1.54) is 0 Å². The minimum Gasteiger partial charge on any atom is -0.390 e. The lowest BCUT2D eigenvalue weighted by molar-refractivity contribution is -0.187. The van der Waals surface area contributed by atoms with Crippen molar-refractivity contribution in [3.63, 3.8) is 0 Å². The summed E-state index contributed by atoms with van der Waals surface area (Å²) in [6.07, 6.45) is -0.961. The quantitative estimate of drug-likeness (QED) is 0.703. The van der Waals surface area contributed by atoms with E-state index < -0.39 is 18.2 Å². The van der Waals surface area contributed by atoms with E-state index in [-0.39, 0.29) is 17.9 Å². The van der Waals surface area contributed by atoms with Crippen LogP contribution in [0.15, 0.2) is 0 Å². The van der Waals surface area contributed by atoms with Gasteiger partial charge in [-0.3, -0.25) is 0 Å². The molecule has 0 aromatic heterocycles. The van der Waals surface area contributed by atoms with Gasteiger partial charge in [0, 0.05) is 11.9 Å². The summed E-state index contributed by atoms with van der Waals surface area (Å²) in [7, 11) is 5.66. The molecule has 1 saturated heterocycles. The van der Waals surface area contributed by atoms with E-state index in [1.54, 1.807) is 0 Å². The van der Waals surface area contributed by atoms with Gasteiger partial charge in [-0.05, 0) is 18.3 Å². The average molecular weight is 226 g/mol. The molecule has 0 spiro atoms. The summed E-state index contributed by atoms with van der Waals surface area (Å²) >= 11 is 0. The number of aliphatic hydroxyl groups excluding tert-OH is 2. The van der Waals surface area contributed by atoms with Crippen molar-refractivity contribution in [1.29, 1.82) is 0 Å². The molecule has 1 aliphatic rings. The first-order valence-corrected chi connectivity index (χ1v) is 6.11. The van der Waals surface area contributed by atoms with E-state index in [1.807, 2.05) is 13.8 Å². The molecule has 0 aromatic carbocycles. The normalized spacial score (nSPS) is 40.6. The van der Waals surface area contributed by atoms with Crippen molar-refractivity contribution < 1.29 is 14.9 Å². The number of hydrogen-bond donors (Lipinski definition) is 2. The minimum absolute atomic E-state index is 0.0443. The molecular weight excluding hydrogens is 203 g/mol. The Kier molecular flexibility index (Phi) is 4.83. The number of rotatable bonds is 3. The fourth-order valence-electron chi connectivity index (χ4n) is 2.52. The molecule has 0 saturated carbocycles. The summed E-state index contributed by atoms with van der Waals surface area (Å²) in [4.78, 5) is 0. The van der Waals surface area contributed by atoms with Gasteiger partial charge in [0.2, 0.25) is 0 Å². The Morgan fingerprint density at radius 1 is 1.12 bits per heavy atom. The molecule has 92 valence electrons. The van der Waals surface area contributed by atoms with Gasteiger partial charge in [0.15, 0.2) is 0 Å². The van der Waals surface area contributed by atoms with Gasteiger partial charge in [0.1, 0.15) is 7.85 Å². The molecule has 5 unspecified atom stereocenters. The molecule has 2 radical (unpaired) electrons. The van der Waals surface area contributed by atoms with Crippen molar-refractivity contribution in [2.24, 2.45) is 17.8 Å². The highest BCUT2D eigenvalue weighted by Gasteiger charge is 2.43. The first-order chi connectivity index (χ1) is 7.34. The average Bonchev–Trinajstić information content (AvgIpc) is 2.12. The van der Waals surface area contributed by atoms with Crippen LogP contribution in [-0.2, 0) is 4.74 Å². The summed E-state index contributed by atoms with van der Waals surface area (Å²) in [5.74, 6) is 0.707. The van der Waals surface area contributed by atoms with Crippen LogP contribution in [0.2, 0.25) is 0 Å². The third kappa shape index (κ3) is 2.99. The van der Waals surface area contributed by atoms with Crippen molar-refractivity contribution in [2.75, 3.05) is 0 Å². The molecule has 0 aromatic rings. The van der Waals surface area contributed by atoms with Crippen molar-refractivity contribution in [3.05, 3.63) is 0 Å². The van der Waals surface area contributed by atoms with Crippen LogP contribution in [0.3, 0.4) is 0 Å². The summed E-state index contributed by atoms with van der Waals surface area (Å²) in [5, 5.41) is 19.8. The predicted molar refractivity (Wildman–Crippen MR) is 64.2 cm³/mol. The Balaban J connectivity index is 2.79. The van der Waals surface area contributed by atoms with Gasteiger partial charge in [0.05, 0.1) is 18.3 Å². The molecule has 1 fully saturated rings. The highest BCUT2D eigenvalue weighted by Crippen LogP contribution is 2.33. The lowest BCUT2D eigenvalue weighted by Crippen LogP contribution is -2.56. The van der Waals surface area contributed by atoms with Crippen molar-refractivity contribution in [3.8, 4) is 0 Å². The molecule has 16 heavy (non-hydrogen) atoms. The van der Waals surface area contributed by atoms with Gasteiger partial charge < -0.3 is 14.9 Å². The Labute approximate surface area is 99.6 Å². The zero-order valence-corrected chi connectivity index (χ0v) is 10.6. The van der Waals surface area contributed by atoms with Crippen LogP contribution in [0.5, 0.6) is 0 Å². The van der Waals surface area contributed by atoms with Crippen molar-refractivity contribution >= 4 is 7.85 Å². The molecule has 2 N–H and O–H groups in total. The molecule has 1 rings (SSSR count). The fraction of sp³-hybridized carbons (Fsp3) is 1.00. The first kappa shape index (κ1) is 14.0. The molecule has 0 amide bonds. The number of hydrogen-bond acceptors (Lipinski definition) is 3. The smallest absolute Gasteiger partial charge is 0.112 e. The molecule has 4 heteroatoms. The Hall–Kier alpha value is -0.0551. The van der Waals surface area contributed by atoms with E-state index in [2.05, 4.69) is 13.8 Å². The van der Waals surface area contributed by atoms with Crippen LogP contribution in [0.25, 0.3) is 0 Å². The van der Waals surface area contributed by atoms with Crippen LogP contribution in [0.1, 0.15) is 34.1 Å². The molecule has 1 aliphatic heterocycles. The second-order valence-corrected chi connectivity index (χ2v) is 5.57. The lowest BCUT2D eigenvalue weighted by Gasteiger charge is -2.45. The third-order valence-electron chi connectivity index (χ3n) is 3.32. The van der Waals surface area contributed by atoms with Gasteiger partial charge in [-0.1, -0.05) is 27.7 Å². The number of aliphatic hydroxyl groups is 2. The second-order valence-electron chi connectivity index (χ2n) is 5.57. The monoisotopic (exact) mass is 226 g/mol. The standard InChI is InChI=1S/C12H23BO3/c1-6(2)5-8-9(7(3)4)10(14)11(15)12(13)16-8/h6-12,14-15H,5H2,1-4H3. The summed E-state index contributed by atoms with van der Waals surface area (Å²) in [5.41, 5.74) is 0. The Bertz CT molecular complexity index is 220. The molecule has 1 heterocycles. The topological polar surface area (TPSA) is 49.7 Å². The van der Waals surface area contributed by atoms with E-state index >= 15 is 0 Å². The van der Waals surface area contributed by atoms with Crippen LogP contribution in [0.4, 0.5) is 0 Å². The van der Waals surface area contributed by atoms with Crippen LogP contribution in [0, 0.1) is 17.8 Å².